The lowest BCUT2D eigenvalue weighted by molar-refractivity contribution is 0.0602. The summed E-state index contributed by atoms with van der Waals surface area (Å²) in [6, 6.07) is 10.3. The number of esters is 1. The Morgan fingerprint density at radius 1 is 1.19 bits per heavy atom. The highest BCUT2D eigenvalue weighted by Crippen LogP contribution is 2.23. The molecule has 134 valence electrons. The molecule has 0 bridgehead atoms. The van der Waals surface area contributed by atoms with E-state index in [1.165, 1.54) is 7.11 Å². The van der Waals surface area contributed by atoms with Gasteiger partial charge in [-0.3, -0.25) is 9.20 Å². The van der Waals surface area contributed by atoms with Gasteiger partial charge in [-0.15, -0.1) is 0 Å². The minimum Gasteiger partial charge on any atom is -0.490 e. The largest absolute Gasteiger partial charge is 0.490 e. The predicted molar refractivity (Wildman–Crippen MR) is 96.8 cm³/mol. The van der Waals surface area contributed by atoms with Crippen LogP contribution in [0.2, 0.25) is 0 Å². The Hall–Kier alpha value is -3.35. The van der Waals surface area contributed by atoms with Gasteiger partial charge in [-0.1, -0.05) is 12.1 Å². The molecule has 0 saturated heterocycles. The average Bonchev–Trinajstić information content (AvgIpc) is 2.98. The first-order valence-electron chi connectivity index (χ1n) is 8.16. The van der Waals surface area contributed by atoms with Gasteiger partial charge in [0.1, 0.15) is 5.69 Å². The summed E-state index contributed by atoms with van der Waals surface area (Å²) >= 11 is 0. The second-order valence-corrected chi connectivity index (χ2v) is 5.54. The van der Waals surface area contributed by atoms with Gasteiger partial charge in [0.2, 0.25) is 0 Å². The number of rotatable bonds is 5. The first-order valence-corrected chi connectivity index (χ1v) is 8.16. The number of carbonyl (C=O) groups is 2. The number of methoxy groups -OCH3 is 1. The van der Waals surface area contributed by atoms with Crippen molar-refractivity contribution >= 4 is 23.2 Å². The van der Waals surface area contributed by atoms with E-state index in [1.807, 2.05) is 6.92 Å². The summed E-state index contributed by atoms with van der Waals surface area (Å²) in [4.78, 5) is 29.2. The van der Waals surface area contributed by atoms with E-state index < -0.39 is 5.97 Å². The van der Waals surface area contributed by atoms with Crippen LogP contribution in [0.15, 0.2) is 42.6 Å². The number of amides is 1. The van der Waals surface area contributed by atoms with E-state index in [2.05, 4.69) is 10.3 Å². The molecule has 1 aromatic carbocycles. The molecule has 1 N–H and O–H groups in total. The SMILES string of the molecule is CCOc1cccn2c(C(=O)Nc3ccccc3C(=O)OC)c(C)nc12. The molecule has 0 radical (unpaired) electrons. The van der Waals surface area contributed by atoms with Gasteiger partial charge in [0.25, 0.3) is 5.91 Å². The summed E-state index contributed by atoms with van der Waals surface area (Å²) in [6.07, 6.45) is 1.75. The maximum absolute atomic E-state index is 12.9. The standard InChI is InChI=1S/C19H19N3O4/c1-4-26-15-10-7-11-22-16(12(2)20-17(15)22)18(23)21-14-9-6-5-8-13(14)19(24)25-3/h5-11H,4H2,1-3H3,(H,21,23). The van der Waals surface area contributed by atoms with Crippen LogP contribution in [0.3, 0.4) is 0 Å². The number of aryl methyl sites for hydroxylation is 1. The van der Waals surface area contributed by atoms with E-state index in [4.69, 9.17) is 9.47 Å². The first kappa shape index (κ1) is 17.5. The number of ether oxygens (including phenoxy) is 2. The summed E-state index contributed by atoms with van der Waals surface area (Å²) < 4.78 is 12.0. The second kappa shape index (κ2) is 7.26. The Labute approximate surface area is 150 Å². The molecule has 2 heterocycles. The van der Waals surface area contributed by atoms with Crippen LogP contribution in [0.5, 0.6) is 5.75 Å². The zero-order chi connectivity index (χ0) is 18.7. The number of hydrogen-bond donors (Lipinski definition) is 1. The number of pyridine rings is 1. The molecule has 0 aliphatic carbocycles. The van der Waals surface area contributed by atoms with E-state index in [0.29, 0.717) is 35.1 Å². The van der Waals surface area contributed by atoms with Crippen molar-refractivity contribution in [3.05, 3.63) is 59.5 Å². The van der Waals surface area contributed by atoms with E-state index in [0.717, 1.165) is 0 Å². The Morgan fingerprint density at radius 2 is 1.96 bits per heavy atom. The molecule has 0 aliphatic heterocycles. The maximum atomic E-state index is 12.9. The molecule has 2 aromatic heterocycles. The summed E-state index contributed by atoms with van der Waals surface area (Å²) in [5.41, 5.74) is 2.16. The average molecular weight is 353 g/mol. The number of para-hydroxylation sites is 1. The first-order chi connectivity index (χ1) is 12.6. The highest BCUT2D eigenvalue weighted by molar-refractivity contribution is 6.08. The van der Waals surface area contributed by atoms with Crippen LogP contribution >= 0.6 is 0 Å². The van der Waals surface area contributed by atoms with Crippen molar-refractivity contribution in [2.75, 3.05) is 19.0 Å². The van der Waals surface area contributed by atoms with Crippen molar-refractivity contribution in [3.63, 3.8) is 0 Å². The van der Waals surface area contributed by atoms with Gasteiger partial charge in [0, 0.05) is 6.20 Å². The zero-order valence-corrected chi connectivity index (χ0v) is 14.8. The van der Waals surface area contributed by atoms with E-state index in [9.17, 15) is 9.59 Å². The monoisotopic (exact) mass is 353 g/mol. The maximum Gasteiger partial charge on any atom is 0.339 e. The molecule has 0 spiro atoms. The smallest absolute Gasteiger partial charge is 0.339 e. The van der Waals surface area contributed by atoms with Crippen LogP contribution in [0, 0.1) is 6.92 Å². The number of benzene rings is 1. The van der Waals surface area contributed by atoms with E-state index >= 15 is 0 Å². The number of imidazole rings is 1. The number of nitrogens with zero attached hydrogens (tertiary/aromatic N) is 2. The van der Waals surface area contributed by atoms with Gasteiger partial charge >= 0.3 is 5.97 Å². The lowest BCUT2D eigenvalue weighted by Gasteiger charge is -2.10. The highest BCUT2D eigenvalue weighted by atomic mass is 16.5. The molecule has 26 heavy (non-hydrogen) atoms. The fourth-order valence-corrected chi connectivity index (χ4v) is 2.76. The molecule has 0 aliphatic rings. The van der Waals surface area contributed by atoms with Crippen LogP contribution in [0.25, 0.3) is 5.65 Å². The van der Waals surface area contributed by atoms with E-state index in [-0.39, 0.29) is 11.5 Å². The molecular formula is C19H19N3O4. The third-order valence-corrected chi connectivity index (χ3v) is 3.88. The Morgan fingerprint density at radius 3 is 2.69 bits per heavy atom. The van der Waals surface area contributed by atoms with Gasteiger partial charge in [-0.05, 0) is 38.1 Å². The van der Waals surface area contributed by atoms with Crippen molar-refractivity contribution in [2.45, 2.75) is 13.8 Å². The summed E-state index contributed by atoms with van der Waals surface area (Å²) in [6.45, 7) is 4.14. The van der Waals surface area contributed by atoms with Crippen LogP contribution in [0.1, 0.15) is 33.5 Å². The number of anilines is 1. The van der Waals surface area contributed by atoms with Gasteiger partial charge in [-0.2, -0.15) is 0 Å². The van der Waals surface area contributed by atoms with Crippen LogP contribution in [-0.4, -0.2) is 35.0 Å². The number of aromatic nitrogens is 2. The van der Waals surface area contributed by atoms with Crippen molar-refractivity contribution in [1.82, 2.24) is 9.38 Å². The third kappa shape index (κ3) is 3.11. The number of nitrogens with one attached hydrogen (secondary N) is 1. The minimum atomic E-state index is -0.519. The number of hydrogen-bond acceptors (Lipinski definition) is 5. The lowest BCUT2D eigenvalue weighted by atomic mass is 10.1. The van der Waals surface area contributed by atoms with Crippen LogP contribution in [0.4, 0.5) is 5.69 Å². The predicted octanol–water partition coefficient (Wildman–Crippen LogP) is 3.08. The molecule has 3 rings (SSSR count). The van der Waals surface area contributed by atoms with Gasteiger partial charge < -0.3 is 14.8 Å². The fourth-order valence-electron chi connectivity index (χ4n) is 2.76. The molecule has 7 nitrogen and oxygen atoms in total. The number of fused-ring (bicyclic) bond motifs is 1. The van der Waals surface area contributed by atoms with E-state index in [1.54, 1.807) is 53.9 Å². The summed E-state index contributed by atoms with van der Waals surface area (Å²) in [5, 5.41) is 2.77. The Bertz CT molecular complexity index is 978. The van der Waals surface area contributed by atoms with Crippen LogP contribution < -0.4 is 10.1 Å². The van der Waals surface area contributed by atoms with Gasteiger partial charge in [-0.25, -0.2) is 9.78 Å². The fraction of sp³-hybridized carbons (Fsp3) is 0.211. The minimum absolute atomic E-state index is 0.282. The Kier molecular flexibility index (Phi) is 4.88. The molecule has 0 saturated carbocycles. The molecule has 0 atom stereocenters. The lowest BCUT2D eigenvalue weighted by Crippen LogP contribution is -2.18. The quantitative estimate of drug-likeness (QED) is 0.713. The van der Waals surface area contributed by atoms with Crippen molar-refractivity contribution < 1.29 is 19.1 Å². The molecule has 7 heteroatoms. The second-order valence-electron chi connectivity index (χ2n) is 5.54. The zero-order valence-electron chi connectivity index (χ0n) is 14.8. The van der Waals surface area contributed by atoms with Crippen molar-refractivity contribution in [2.24, 2.45) is 0 Å². The molecule has 3 aromatic rings. The summed E-state index contributed by atoms with van der Waals surface area (Å²) in [7, 11) is 1.30. The van der Waals surface area contributed by atoms with Crippen molar-refractivity contribution in [1.29, 1.82) is 0 Å². The van der Waals surface area contributed by atoms with Gasteiger partial charge in [0.15, 0.2) is 11.4 Å². The third-order valence-electron chi connectivity index (χ3n) is 3.88. The van der Waals surface area contributed by atoms with Crippen LogP contribution in [-0.2, 0) is 4.74 Å². The normalized spacial score (nSPS) is 10.6. The van der Waals surface area contributed by atoms with Gasteiger partial charge in [0.05, 0.1) is 30.7 Å². The molecule has 0 unspecified atom stereocenters. The summed E-state index contributed by atoms with van der Waals surface area (Å²) in [5.74, 6) is -0.290. The Balaban J connectivity index is 2.01. The topological polar surface area (TPSA) is 81.9 Å². The molecular weight excluding hydrogens is 334 g/mol. The number of carbonyl (C=O) groups excluding carboxylic acids is 2. The molecule has 0 fully saturated rings. The van der Waals surface area contributed by atoms with Crippen molar-refractivity contribution in [3.8, 4) is 5.75 Å². The highest BCUT2D eigenvalue weighted by Gasteiger charge is 2.21. The molecule has 1 amide bonds.